The van der Waals surface area contributed by atoms with Crippen molar-refractivity contribution < 1.29 is 15.3 Å². The Morgan fingerprint density at radius 3 is 2.26 bits per heavy atom. The van der Waals surface area contributed by atoms with Gasteiger partial charge in [0.05, 0.1) is 6.10 Å². The van der Waals surface area contributed by atoms with Crippen molar-refractivity contribution in [1.29, 1.82) is 0 Å². The Bertz CT molecular complexity index is 576. The van der Waals surface area contributed by atoms with Gasteiger partial charge >= 0.3 is 0 Å². The van der Waals surface area contributed by atoms with Crippen molar-refractivity contribution in [2.45, 2.75) is 26.4 Å². The standard InChI is InChI=1S/C16H18O3/c1-10-8-13(16(19)11(2)15(10)18)9-14(17)12-6-4-3-5-7-12/h3-8,14,17-19H,9H2,1-2H3. The fourth-order valence-corrected chi connectivity index (χ4v) is 2.20. The number of hydrogen-bond donors (Lipinski definition) is 3. The normalized spacial score (nSPS) is 12.4. The van der Waals surface area contributed by atoms with E-state index in [2.05, 4.69) is 0 Å². The summed E-state index contributed by atoms with van der Waals surface area (Å²) >= 11 is 0. The van der Waals surface area contributed by atoms with Crippen LogP contribution in [0.15, 0.2) is 36.4 Å². The lowest BCUT2D eigenvalue weighted by Crippen LogP contribution is -2.03. The second-order valence-corrected chi connectivity index (χ2v) is 4.81. The third kappa shape index (κ3) is 2.71. The number of aliphatic hydroxyl groups is 1. The van der Waals surface area contributed by atoms with E-state index >= 15 is 0 Å². The summed E-state index contributed by atoms with van der Waals surface area (Å²) in [7, 11) is 0. The first-order valence-corrected chi connectivity index (χ1v) is 6.24. The highest BCUT2D eigenvalue weighted by Crippen LogP contribution is 2.35. The molecule has 0 fully saturated rings. The molecule has 19 heavy (non-hydrogen) atoms. The molecule has 0 aromatic heterocycles. The van der Waals surface area contributed by atoms with Gasteiger partial charge in [-0.2, -0.15) is 0 Å². The van der Waals surface area contributed by atoms with Gasteiger partial charge in [-0.3, -0.25) is 0 Å². The number of aryl methyl sites for hydroxylation is 1. The minimum Gasteiger partial charge on any atom is -0.507 e. The van der Waals surface area contributed by atoms with Crippen LogP contribution in [0, 0.1) is 13.8 Å². The second kappa shape index (κ2) is 5.33. The van der Waals surface area contributed by atoms with Gasteiger partial charge in [0.2, 0.25) is 0 Å². The summed E-state index contributed by atoms with van der Waals surface area (Å²) in [6.45, 7) is 3.44. The largest absolute Gasteiger partial charge is 0.507 e. The number of aromatic hydroxyl groups is 2. The van der Waals surface area contributed by atoms with Gasteiger partial charge in [0.1, 0.15) is 11.5 Å². The van der Waals surface area contributed by atoms with Gasteiger partial charge in [-0.25, -0.2) is 0 Å². The summed E-state index contributed by atoms with van der Waals surface area (Å²) in [5.74, 6) is 0.161. The molecule has 100 valence electrons. The fourth-order valence-electron chi connectivity index (χ4n) is 2.20. The number of hydrogen-bond acceptors (Lipinski definition) is 3. The number of rotatable bonds is 3. The summed E-state index contributed by atoms with van der Waals surface area (Å²) in [5.41, 5.74) is 2.61. The van der Waals surface area contributed by atoms with Crippen molar-refractivity contribution in [2.24, 2.45) is 0 Å². The molecule has 2 aromatic rings. The molecule has 1 atom stereocenters. The summed E-state index contributed by atoms with van der Waals surface area (Å²) < 4.78 is 0. The second-order valence-electron chi connectivity index (χ2n) is 4.81. The summed E-state index contributed by atoms with van der Waals surface area (Å²) in [4.78, 5) is 0. The van der Waals surface area contributed by atoms with Gasteiger partial charge in [-0.1, -0.05) is 30.3 Å². The van der Waals surface area contributed by atoms with Crippen molar-refractivity contribution in [3.8, 4) is 11.5 Å². The first-order valence-electron chi connectivity index (χ1n) is 6.24. The topological polar surface area (TPSA) is 60.7 Å². The van der Waals surface area contributed by atoms with E-state index < -0.39 is 6.10 Å². The molecule has 0 saturated heterocycles. The quantitative estimate of drug-likeness (QED) is 0.793. The van der Waals surface area contributed by atoms with Crippen molar-refractivity contribution >= 4 is 0 Å². The number of aliphatic hydroxyl groups excluding tert-OH is 1. The third-order valence-electron chi connectivity index (χ3n) is 3.38. The Morgan fingerprint density at radius 2 is 1.63 bits per heavy atom. The molecule has 3 N–H and O–H groups in total. The van der Waals surface area contributed by atoms with Crippen LogP contribution in [-0.2, 0) is 6.42 Å². The molecule has 3 nitrogen and oxygen atoms in total. The van der Waals surface area contributed by atoms with E-state index in [-0.39, 0.29) is 11.5 Å². The first kappa shape index (κ1) is 13.4. The fraction of sp³-hybridized carbons (Fsp3) is 0.250. The van der Waals surface area contributed by atoms with Gasteiger partial charge < -0.3 is 15.3 Å². The lowest BCUT2D eigenvalue weighted by Gasteiger charge is -2.15. The zero-order valence-corrected chi connectivity index (χ0v) is 11.1. The van der Waals surface area contributed by atoms with Crippen LogP contribution in [0.4, 0.5) is 0 Å². The van der Waals surface area contributed by atoms with E-state index in [1.165, 1.54) is 0 Å². The van der Waals surface area contributed by atoms with Gasteiger partial charge in [0.15, 0.2) is 0 Å². The molecule has 0 spiro atoms. The molecule has 0 saturated carbocycles. The predicted molar refractivity (Wildman–Crippen MR) is 74.4 cm³/mol. The van der Waals surface area contributed by atoms with Crippen LogP contribution in [0.3, 0.4) is 0 Å². The van der Waals surface area contributed by atoms with E-state index in [0.29, 0.717) is 23.1 Å². The summed E-state index contributed by atoms with van der Waals surface area (Å²) in [6.07, 6.45) is -0.354. The van der Waals surface area contributed by atoms with Crippen LogP contribution in [0.5, 0.6) is 11.5 Å². The van der Waals surface area contributed by atoms with Crippen LogP contribution in [0.25, 0.3) is 0 Å². The maximum atomic E-state index is 10.2. The van der Waals surface area contributed by atoms with Crippen LogP contribution >= 0.6 is 0 Å². The van der Waals surface area contributed by atoms with E-state index in [1.807, 2.05) is 30.3 Å². The molecule has 0 amide bonds. The average Bonchev–Trinajstić information content (AvgIpc) is 2.43. The van der Waals surface area contributed by atoms with Gasteiger partial charge in [-0.15, -0.1) is 0 Å². The predicted octanol–water partition coefficient (Wildman–Crippen LogP) is 2.99. The summed E-state index contributed by atoms with van der Waals surface area (Å²) in [6, 6.07) is 11.0. The summed E-state index contributed by atoms with van der Waals surface area (Å²) in [5, 5.41) is 29.9. The highest BCUT2D eigenvalue weighted by molar-refractivity contribution is 5.52. The van der Waals surface area contributed by atoms with E-state index in [1.54, 1.807) is 19.9 Å². The van der Waals surface area contributed by atoms with Crippen LogP contribution in [0.2, 0.25) is 0 Å². The van der Waals surface area contributed by atoms with Gasteiger partial charge in [0.25, 0.3) is 0 Å². The monoisotopic (exact) mass is 258 g/mol. The maximum absolute atomic E-state index is 10.2. The number of phenolic OH excluding ortho intramolecular Hbond substituents is 2. The molecular weight excluding hydrogens is 240 g/mol. The number of benzene rings is 2. The molecule has 0 heterocycles. The van der Waals surface area contributed by atoms with Gasteiger partial charge in [-0.05, 0) is 36.6 Å². The molecule has 0 radical (unpaired) electrons. The molecule has 2 rings (SSSR count). The molecule has 3 heteroatoms. The van der Waals surface area contributed by atoms with E-state index in [9.17, 15) is 15.3 Å². The average molecular weight is 258 g/mol. The Kier molecular flexibility index (Phi) is 3.76. The highest BCUT2D eigenvalue weighted by atomic mass is 16.3. The van der Waals surface area contributed by atoms with Crippen LogP contribution in [-0.4, -0.2) is 15.3 Å². The first-order chi connectivity index (χ1) is 9.00. The Balaban J connectivity index is 2.30. The third-order valence-corrected chi connectivity index (χ3v) is 3.38. The molecule has 0 aliphatic carbocycles. The Morgan fingerprint density at radius 1 is 1.00 bits per heavy atom. The zero-order chi connectivity index (χ0) is 14.0. The van der Waals surface area contributed by atoms with Crippen molar-refractivity contribution in [3.05, 3.63) is 58.7 Å². The zero-order valence-electron chi connectivity index (χ0n) is 11.1. The van der Waals surface area contributed by atoms with E-state index in [4.69, 9.17) is 0 Å². The van der Waals surface area contributed by atoms with Crippen molar-refractivity contribution in [1.82, 2.24) is 0 Å². The van der Waals surface area contributed by atoms with Gasteiger partial charge in [0, 0.05) is 12.0 Å². The molecule has 2 aromatic carbocycles. The molecule has 0 aliphatic heterocycles. The lowest BCUT2D eigenvalue weighted by atomic mass is 9.96. The Labute approximate surface area is 112 Å². The van der Waals surface area contributed by atoms with Crippen molar-refractivity contribution in [2.75, 3.05) is 0 Å². The maximum Gasteiger partial charge on any atom is 0.125 e. The molecular formula is C16H18O3. The number of phenols is 2. The van der Waals surface area contributed by atoms with E-state index in [0.717, 1.165) is 5.56 Å². The van der Waals surface area contributed by atoms with Crippen LogP contribution < -0.4 is 0 Å². The Hall–Kier alpha value is -2.00. The smallest absolute Gasteiger partial charge is 0.125 e. The molecule has 0 aliphatic rings. The lowest BCUT2D eigenvalue weighted by molar-refractivity contribution is 0.177. The minimum absolute atomic E-state index is 0.0538. The molecule has 1 unspecified atom stereocenters. The minimum atomic E-state index is -0.671. The van der Waals surface area contributed by atoms with Crippen molar-refractivity contribution in [3.63, 3.8) is 0 Å². The van der Waals surface area contributed by atoms with Crippen LogP contribution in [0.1, 0.15) is 28.4 Å². The highest BCUT2D eigenvalue weighted by Gasteiger charge is 2.15. The SMILES string of the molecule is Cc1cc(CC(O)c2ccccc2)c(O)c(C)c1O. The molecule has 0 bridgehead atoms.